The quantitative estimate of drug-likeness (QED) is 0.268. The Morgan fingerprint density at radius 3 is 2.54 bits per heavy atom. The maximum Gasteiger partial charge on any atom is 0.264 e. The molecule has 0 atom stereocenters. The number of nitrogens with zero attached hydrogens (tertiary/aromatic N) is 4. The van der Waals surface area contributed by atoms with Gasteiger partial charge >= 0.3 is 0 Å². The van der Waals surface area contributed by atoms with E-state index in [2.05, 4.69) is 4.98 Å². The first kappa shape index (κ1) is 28.9. The molecule has 39 heavy (non-hydrogen) atoms. The minimum atomic E-state index is -3.78. The van der Waals surface area contributed by atoms with Crippen molar-refractivity contribution in [3.8, 4) is 0 Å². The first-order valence-corrected chi connectivity index (χ1v) is 14.7. The van der Waals surface area contributed by atoms with Gasteiger partial charge in [-0.2, -0.15) is 0 Å². The largest absolute Gasteiger partial charge is 0.309 e. The molecule has 0 N–H and O–H groups in total. The van der Waals surface area contributed by atoms with Crippen LogP contribution in [0.1, 0.15) is 28.8 Å². The van der Waals surface area contributed by atoms with Crippen molar-refractivity contribution in [1.29, 1.82) is 0 Å². The molecule has 0 unspecified atom stereocenters. The summed E-state index contributed by atoms with van der Waals surface area (Å²) in [6.07, 6.45) is 2.31. The van der Waals surface area contributed by atoms with Crippen LogP contribution in [-0.2, 0) is 16.4 Å². The van der Waals surface area contributed by atoms with Crippen LogP contribution in [0, 0.1) is 5.82 Å². The van der Waals surface area contributed by atoms with Gasteiger partial charge < -0.3 is 4.90 Å². The molecule has 0 saturated carbocycles. The van der Waals surface area contributed by atoms with Gasteiger partial charge in [0.05, 0.1) is 20.8 Å². The molecule has 1 aromatic heterocycles. The van der Waals surface area contributed by atoms with E-state index in [-0.39, 0.29) is 29.0 Å². The van der Waals surface area contributed by atoms with Crippen molar-refractivity contribution in [2.24, 2.45) is 0 Å². The van der Waals surface area contributed by atoms with Crippen LogP contribution in [0.15, 0.2) is 71.6 Å². The van der Waals surface area contributed by atoms with Gasteiger partial charge in [0.1, 0.15) is 5.82 Å². The zero-order chi connectivity index (χ0) is 26.9. The first-order valence-electron chi connectivity index (χ1n) is 12.5. The molecule has 0 bridgehead atoms. The van der Waals surface area contributed by atoms with E-state index in [1.54, 1.807) is 23.1 Å². The smallest absolute Gasteiger partial charge is 0.264 e. The number of carbonyl (C=O) groups excluding carboxylic acids is 1. The molecule has 1 aliphatic heterocycles. The molecule has 2 heterocycles. The molecule has 1 amide bonds. The Morgan fingerprint density at radius 1 is 1.05 bits per heavy atom. The number of fused-ring (bicyclic) bond motifs is 2. The first-order chi connectivity index (χ1) is 18.2. The van der Waals surface area contributed by atoms with Gasteiger partial charge in [-0.3, -0.25) is 14.0 Å². The molecule has 0 saturated heterocycles. The SMILES string of the molecule is CN(C)CCCN(C(=O)c1ccc(S(=O)(=O)N2CCCc3ccccc32)cc1)c1nc2ccc(F)cc2s1.Cl. The van der Waals surface area contributed by atoms with Crippen molar-refractivity contribution in [2.45, 2.75) is 24.2 Å². The number of hydrogen-bond donors (Lipinski definition) is 0. The van der Waals surface area contributed by atoms with Gasteiger partial charge in [0, 0.05) is 18.7 Å². The monoisotopic (exact) mass is 588 g/mol. The Hall–Kier alpha value is -3.05. The second-order valence-corrected chi connectivity index (χ2v) is 12.4. The number of rotatable bonds is 8. The van der Waals surface area contributed by atoms with E-state index in [4.69, 9.17) is 0 Å². The van der Waals surface area contributed by atoms with Gasteiger partial charge in [0.2, 0.25) is 0 Å². The van der Waals surface area contributed by atoms with Gasteiger partial charge in [-0.05, 0) is 94.0 Å². The summed E-state index contributed by atoms with van der Waals surface area (Å²) in [6, 6.07) is 18.0. The molecule has 0 aliphatic carbocycles. The van der Waals surface area contributed by atoms with Gasteiger partial charge in [0.15, 0.2) is 5.13 Å². The molecule has 0 spiro atoms. The molecular formula is C28H30ClFN4O3S2. The number of thiazole rings is 1. The highest BCUT2D eigenvalue weighted by molar-refractivity contribution is 7.92. The highest BCUT2D eigenvalue weighted by Crippen LogP contribution is 2.33. The minimum Gasteiger partial charge on any atom is -0.309 e. The Balaban J connectivity index is 0.00000353. The number of benzene rings is 3. The summed E-state index contributed by atoms with van der Waals surface area (Å²) in [7, 11) is 0.151. The summed E-state index contributed by atoms with van der Waals surface area (Å²) in [5.41, 5.74) is 2.70. The van der Waals surface area contributed by atoms with Crippen LogP contribution in [0.5, 0.6) is 0 Å². The molecule has 3 aromatic carbocycles. The third-order valence-electron chi connectivity index (χ3n) is 6.56. The molecule has 4 aromatic rings. The highest BCUT2D eigenvalue weighted by Gasteiger charge is 2.29. The van der Waals surface area contributed by atoms with Crippen molar-refractivity contribution in [1.82, 2.24) is 9.88 Å². The van der Waals surface area contributed by atoms with E-state index < -0.39 is 10.0 Å². The summed E-state index contributed by atoms with van der Waals surface area (Å²) in [4.78, 5) is 22.0. The maximum atomic E-state index is 13.8. The fourth-order valence-corrected chi connectivity index (χ4v) is 7.19. The Labute approximate surface area is 238 Å². The Bertz CT molecular complexity index is 1580. The van der Waals surface area contributed by atoms with E-state index in [0.29, 0.717) is 46.1 Å². The average molecular weight is 589 g/mol. The molecule has 1 aliphatic rings. The Kier molecular flexibility index (Phi) is 8.90. The van der Waals surface area contributed by atoms with E-state index in [9.17, 15) is 17.6 Å². The summed E-state index contributed by atoms with van der Waals surface area (Å²) in [6.45, 7) is 1.61. The van der Waals surface area contributed by atoms with Crippen molar-refractivity contribution in [2.75, 3.05) is 42.9 Å². The van der Waals surface area contributed by atoms with Crippen LogP contribution < -0.4 is 9.21 Å². The lowest BCUT2D eigenvalue weighted by Crippen LogP contribution is -2.35. The van der Waals surface area contributed by atoms with Crippen molar-refractivity contribution < 1.29 is 17.6 Å². The van der Waals surface area contributed by atoms with Gasteiger partial charge in [0.25, 0.3) is 15.9 Å². The van der Waals surface area contributed by atoms with Crippen LogP contribution >= 0.6 is 23.7 Å². The summed E-state index contributed by atoms with van der Waals surface area (Å²) in [5.74, 6) is -0.637. The lowest BCUT2D eigenvalue weighted by Gasteiger charge is -2.30. The second-order valence-electron chi connectivity index (χ2n) is 9.56. The number of carbonyl (C=O) groups is 1. The standard InChI is InChI=1S/C28H29FN4O3S2.ClH/c1-31(2)16-6-17-32(28-30-24-15-12-22(29)19-26(24)37-28)27(34)21-10-13-23(14-11-21)38(35,36)33-18-5-8-20-7-3-4-9-25(20)33;/h3-4,7,9-15,19H,5-6,8,16-18H2,1-2H3;1H. The van der Waals surface area contributed by atoms with Crippen LogP contribution in [0.4, 0.5) is 15.2 Å². The number of aryl methyl sites for hydroxylation is 1. The molecule has 11 heteroatoms. The van der Waals surface area contributed by atoms with Gasteiger partial charge in [-0.1, -0.05) is 29.5 Å². The van der Waals surface area contributed by atoms with Crippen LogP contribution in [0.2, 0.25) is 0 Å². The number of halogens is 2. The van der Waals surface area contributed by atoms with Crippen LogP contribution in [0.3, 0.4) is 0 Å². The topological polar surface area (TPSA) is 73.8 Å². The number of hydrogen-bond acceptors (Lipinski definition) is 6. The second kappa shape index (κ2) is 12.0. The summed E-state index contributed by atoms with van der Waals surface area (Å²) in [5, 5.41) is 0.482. The zero-order valence-corrected chi connectivity index (χ0v) is 24.2. The maximum absolute atomic E-state index is 13.8. The summed E-state index contributed by atoms with van der Waals surface area (Å²) >= 11 is 1.26. The molecule has 5 rings (SSSR count). The number of sulfonamides is 1. The lowest BCUT2D eigenvalue weighted by molar-refractivity contribution is 0.0986. The van der Waals surface area contributed by atoms with E-state index >= 15 is 0 Å². The fraction of sp³-hybridized carbons (Fsp3) is 0.286. The third kappa shape index (κ3) is 6.09. The Morgan fingerprint density at radius 2 is 1.79 bits per heavy atom. The number of anilines is 2. The van der Waals surface area contributed by atoms with E-state index in [1.807, 2.05) is 43.3 Å². The third-order valence-corrected chi connectivity index (χ3v) is 9.43. The average Bonchev–Trinajstić information content (AvgIpc) is 3.33. The van der Waals surface area contributed by atoms with Crippen LogP contribution in [-0.4, -0.2) is 57.9 Å². The van der Waals surface area contributed by atoms with Crippen molar-refractivity contribution in [3.05, 3.63) is 83.7 Å². The number of para-hydroxylation sites is 1. The highest BCUT2D eigenvalue weighted by atomic mass is 35.5. The number of amides is 1. The molecule has 0 radical (unpaired) electrons. The van der Waals surface area contributed by atoms with E-state index in [0.717, 1.165) is 24.9 Å². The predicted molar refractivity (Wildman–Crippen MR) is 157 cm³/mol. The fourth-order valence-electron chi connectivity index (χ4n) is 4.63. The van der Waals surface area contributed by atoms with Gasteiger partial charge in [-0.15, -0.1) is 12.4 Å². The zero-order valence-electron chi connectivity index (χ0n) is 21.7. The molecule has 0 fully saturated rings. The molecule has 206 valence electrons. The molecular weight excluding hydrogens is 559 g/mol. The minimum absolute atomic E-state index is 0. The van der Waals surface area contributed by atoms with E-state index in [1.165, 1.54) is 39.9 Å². The molecule has 7 nitrogen and oxygen atoms in total. The lowest BCUT2D eigenvalue weighted by atomic mass is 10.0. The number of aromatic nitrogens is 1. The van der Waals surface area contributed by atoms with Gasteiger partial charge in [-0.25, -0.2) is 17.8 Å². The van der Waals surface area contributed by atoms with Crippen molar-refractivity contribution in [3.63, 3.8) is 0 Å². The normalized spacial score (nSPS) is 13.3. The van der Waals surface area contributed by atoms with Crippen LogP contribution in [0.25, 0.3) is 10.2 Å². The summed E-state index contributed by atoms with van der Waals surface area (Å²) < 4.78 is 42.9. The van der Waals surface area contributed by atoms with Crippen molar-refractivity contribution >= 4 is 60.7 Å². The predicted octanol–water partition coefficient (Wildman–Crippen LogP) is 5.60.